The molecular formula is C26H25N5O2S. The number of pyridine rings is 1. The van der Waals surface area contributed by atoms with Crippen molar-refractivity contribution in [2.45, 2.75) is 20.4 Å². The number of aromatic nitrogens is 2. The van der Waals surface area contributed by atoms with Gasteiger partial charge in [0, 0.05) is 41.1 Å². The minimum absolute atomic E-state index is 0.0844. The lowest BCUT2D eigenvalue weighted by Crippen LogP contribution is -2.37. The minimum Gasteiger partial charge on any atom is -0.375 e. The van der Waals surface area contributed by atoms with E-state index in [0.29, 0.717) is 22.9 Å². The van der Waals surface area contributed by atoms with Crippen molar-refractivity contribution >= 4 is 34.0 Å². The summed E-state index contributed by atoms with van der Waals surface area (Å²) in [6.07, 6.45) is 3.14. The summed E-state index contributed by atoms with van der Waals surface area (Å²) in [5.74, 6) is -0.506. The molecule has 0 aliphatic carbocycles. The largest absolute Gasteiger partial charge is 0.375 e. The van der Waals surface area contributed by atoms with Crippen LogP contribution in [-0.4, -0.2) is 33.2 Å². The summed E-state index contributed by atoms with van der Waals surface area (Å²) in [5.41, 5.74) is 11.7. The second-order valence-corrected chi connectivity index (χ2v) is 8.91. The van der Waals surface area contributed by atoms with E-state index in [-0.39, 0.29) is 18.4 Å². The zero-order valence-electron chi connectivity index (χ0n) is 19.0. The second kappa shape index (κ2) is 10.3. The highest BCUT2D eigenvalue weighted by molar-refractivity contribution is 7.13. The summed E-state index contributed by atoms with van der Waals surface area (Å²) in [7, 11) is 0. The molecule has 0 atom stereocenters. The molecule has 0 bridgehead atoms. The van der Waals surface area contributed by atoms with Gasteiger partial charge in [-0.2, -0.15) is 0 Å². The number of amides is 2. The number of nitrogens with two attached hydrogens (primary N) is 1. The van der Waals surface area contributed by atoms with Crippen LogP contribution >= 0.6 is 11.3 Å². The van der Waals surface area contributed by atoms with Crippen molar-refractivity contribution in [2.24, 2.45) is 0 Å². The molecule has 0 saturated heterocycles. The number of anilines is 2. The lowest BCUT2D eigenvalue weighted by Gasteiger charge is -2.23. The second-order valence-electron chi connectivity index (χ2n) is 8.02. The molecule has 2 aromatic heterocycles. The molecule has 8 heteroatoms. The average Bonchev–Trinajstić information content (AvgIpc) is 3.27. The normalized spacial score (nSPS) is 10.6. The number of nitrogen functional groups attached to an aromatic ring is 1. The highest BCUT2D eigenvalue weighted by Gasteiger charge is 2.20. The molecule has 2 amide bonds. The molecule has 0 fully saturated rings. The van der Waals surface area contributed by atoms with Gasteiger partial charge in [-0.25, -0.2) is 4.98 Å². The number of benzene rings is 2. The Morgan fingerprint density at radius 1 is 1.03 bits per heavy atom. The summed E-state index contributed by atoms with van der Waals surface area (Å²) >= 11 is 1.38. The van der Waals surface area contributed by atoms with Crippen molar-refractivity contribution in [1.82, 2.24) is 14.9 Å². The molecule has 4 aromatic rings. The third-order valence-corrected chi connectivity index (χ3v) is 6.08. The van der Waals surface area contributed by atoms with Crippen molar-refractivity contribution in [3.63, 3.8) is 0 Å². The molecule has 2 aromatic carbocycles. The van der Waals surface area contributed by atoms with E-state index in [1.165, 1.54) is 11.3 Å². The van der Waals surface area contributed by atoms with Gasteiger partial charge in [0.15, 0.2) is 5.13 Å². The number of rotatable bonds is 7. The summed E-state index contributed by atoms with van der Waals surface area (Å²) in [6, 6.07) is 16.8. The maximum atomic E-state index is 13.2. The molecule has 0 aliphatic heterocycles. The van der Waals surface area contributed by atoms with Crippen LogP contribution in [0.4, 0.5) is 10.8 Å². The number of nitrogens with one attached hydrogen (secondary N) is 1. The third-order valence-electron chi connectivity index (χ3n) is 5.40. The van der Waals surface area contributed by atoms with Crippen LogP contribution in [0.2, 0.25) is 0 Å². The SMILES string of the molecule is Cc1ccc(C)c(CN(CC(=O)Nc2ccc(-c3csc(N)n3)cc2)C(=O)c2ccncc2)c1. The fourth-order valence-corrected chi connectivity index (χ4v) is 4.14. The molecule has 0 unspecified atom stereocenters. The average molecular weight is 472 g/mol. The Morgan fingerprint density at radius 2 is 1.76 bits per heavy atom. The Kier molecular flexibility index (Phi) is 6.98. The monoisotopic (exact) mass is 471 g/mol. The first-order chi connectivity index (χ1) is 16.4. The van der Waals surface area contributed by atoms with Crippen LogP contribution < -0.4 is 11.1 Å². The smallest absolute Gasteiger partial charge is 0.254 e. The fraction of sp³-hybridized carbons (Fsp3) is 0.154. The van der Waals surface area contributed by atoms with Crippen LogP contribution in [-0.2, 0) is 11.3 Å². The van der Waals surface area contributed by atoms with Crippen LogP contribution in [0.5, 0.6) is 0 Å². The van der Waals surface area contributed by atoms with Crippen LogP contribution in [0.1, 0.15) is 27.0 Å². The number of carbonyl (C=O) groups excluding carboxylic acids is 2. The van der Waals surface area contributed by atoms with Gasteiger partial charge in [-0.05, 0) is 49.2 Å². The predicted octanol–water partition coefficient (Wildman–Crippen LogP) is 4.69. The molecule has 34 heavy (non-hydrogen) atoms. The van der Waals surface area contributed by atoms with Crippen molar-refractivity contribution in [1.29, 1.82) is 0 Å². The maximum Gasteiger partial charge on any atom is 0.254 e. The predicted molar refractivity (Wildman–Crippen MR) is 135 cm³/mol. The lowest BCUT2D eigenvalue weighted by molar-refractivity contribution is -0.117. The highest BCUT2D eigenvalue weighted by Crippen LogP contribution is 2.24. The first-order valence-electron chi connectivity index (χ1n) is 10.8. The van der Waals surface area contributed by atoms with Gasteiger partial charge in [-0.1, -0.05) is 35.9 Å². The fourth-order valence-electron chi connectivity index (χ4n) is 3.57. The van der Waals surface area contributed by atoms with Gasteiger partial charge in [0.1, 0.15) is 6.54 Å². The van der Waals surface area contributed by atoms with E-state index in [9.17, 15) is 9.59 Å². The van der Waals surface area contributed by atoms with E-state index >= 15 is 0 Å². The molecule has 0 aliphatic rings. The Morgan fingerprint density at radius 3 is 2.44 bits per heavy atom. The highest BCUT2D eigenvalue weighted by atomic mass is 32.1. The van der Waals surface area contributed by atoms with E-state index in [1.54, 1.807) is 29.4 Å². The van der Waals surface area contributed by atoms with Gasteiger partial charge in [-0.15, -0.1) is 11.3 Å². The molecule has 2 heterocycles. The van der Waals surface area contributed by atoms with Crippen LogP contribution in [0.3, 0.4) is 0 Å². The Hall–Kier alpha value is -4.04. The van der Waals surface area contributed by atoms with Crippen molar-refractivity contribution in [3.05, 3.63) is 94.6 Å². The van der Waals surface area contributed by atoms with Crippen LogP contribution in [0.25, 0.3) is 11.3 Å². The van der Waals surface area contributed by atoms with Crippen molar-refractivity contribution in [2.75, 3.05) is 17.6 Å². The molecule has 4 rings (SSSR count). The molecule has 3 N–H and O–H groups in total. The lowest BCUT2D eigenvalue weighted by atomic mass is 10.0. The molecule has 0 saturated carbocycles. The first-order valence-corrected chi connectivity index (χ1v) is 11.6. The summed E-state index contributed by atoms with van der Waals surface area (Å²) in [6.45, 7) is 4.25. The van der Waals surface area contributed by atoms with E-state index in [1.807, 2.05) is 61.7 Å². The quantitative estimate of drug-likeness (QED) is 0.407. The first kappa shape index (κ1) is 23.1. The van der Waals surface area contributed by atoms with E-state index in [0.717, 1.165) is 27.9 Å². The Labute approximate surface area is 202 Å². The van der Waals surface area contributed by atoms with Gasteiger partial charge in [0.05, 0.1) is 5.69 Å². The molecule has 0 spiro atoms. The zero-order valence-corrected chi connectivity index (χ0v) is 19.8. The number of hydrogen-bond acceptors (Lipinski definition) is 6. The number of thiazole rings is 1. The van der Waals surface area contributed by atoms with Crippen molar-refractivity contribution in [3.8, 4) is 11.3 Å². The van der Waals surface area contributed by atoms with E-state index in [2.05, 4.69) is 15.3 Å². The molecule has 0 radical (unpaired) electrons. The molecule has 172 valence electrons. The summed E-state index contributed by atoms with van der Waals surface area (Å²) in [4.78, 5) is 36.0. The zero-order chi connectivity index (χ0) is 24.1. The van der Waals surface area contributed by atoms with E-state index < -0.39 is 0 Å². The van der Waals surface area contributed by atoms with Crippen molar-refractivity contribution < 1.29 is 9.59 Å². The van der Waals surface area contributed by atoms with Gasteiger partial charge >= 0.3 is 0 Å². The standard InChI is InChI=1S/C26H25N5O2S/c1-17-3-4-18(2)21(13-17)14-31(25(33)20-9-11-28-12-10-20)15-24(32)29-22-7-5-19(6-8-22)23-16-34-26(27)30-23/h3-13,16H,14-15H2,1-2H3,(H2,27,30)(H,29,32). The summed E-state index contributed by atoms with van der Waals surface area (Å²) < 4.78 is 0. The topological polar surface area (TPSA) is 101 Å². The summed E-state index contributed by atoms with van der Waals surface area (Å²) in [5, 5.41) is 5.28. The number of carbonyl (C=O) groups is 2. The van der Waals surface area contributed by atoms with Gasteiger partial charge < -0.3 is 16.0 Å². The van der Waals surface area contributed by atoms with Crippen LogP contribution in [0, 0.1) is 13.8 Å². The third kappa shape index (κ3) is 5.65. The van der Waals surface area contributed by atoms with Gasteiger partial charge in [-0.3, -0.25) is 14.6 Å². The number of hydrogen-bond donors (Lipinski definition) is 2. The molecule has 7 nitrogen and oxygen atoms in total. The minimum atomic E-state index is -0.279. The van der Waals surface area contributed by atoms with Crippen LogP contribution in [0.15, 0.2) is 72.4 Å². The Bertz CT molecular complexity index is 1300. The maximum absolute atomic E-state index is 13.2. The van der Waals surface area contributed by atoms with Gasteiger partial charge in [0.25, 0.3) is 5.91 Å². The number of aryl methyl sites for hydroxylation is 2. The Balaban J connectivity index is 1.50. The van der Waals surface area contributed by atoms with Gasteiger partial charge in [0.2, 0.25) is 5.91 Å². The molecular weight excluding hydrogens is 446 g/mol. The van der Waals surface area contributed by atoms with E-state index in [4.69, 9.17) is 5.73 Å². The number of nitrogens with zero attached hydrogens (tertiary/aromatic N) is 3.